The van der Waals surface area contributed by atoms with Gasteiger partial charge < -0.3 is 47.4 Å². The third kappa shape index (κ3) is 11.1. The van der Waals surface area contributed by atoms with Crippen molar-refractivity contribution < 1.29 is 76.1 Å². The zero-order valence-electron chi connectivity index (χ0n) is 25.5. The quantitative estimate of drug-likeness (QED) is 0.115. The molecule has 250 valence electrons. The van der Waals surface area contributed by atoms with Gasteiger partial charge in [-0.15, -0.1) is 0 Å². The fourth-order valence-electron chi connectivity index (χ4n) is 4.59. The Morgan fingerprint density at radius 2 is 0.705 bits per heavy atom. The molecule has 0 bridgehead atoms. The van der Waals surface area contributed by atoms with Crippen LogP contribution in [0.15, 0.2) is 0 Å². The van der Waals surface area contributed by atoms with E-state index < -0.39 is 97.2 Å². The van der Waals surface area contributed by atoms with Crippen molar-refractivity contribution in [3.8, 4) is 0 Å². The minimum atomic E-state index is -1.24. The van der Waals surface area contributed by atoms with E-state index in [9.17, 15) is 28.8 Å². The van der Waals surface area contributed by atoms with Crippen LogP contribution in [0.2, 0.25) is 0 Å². The van der Waals surface area contributed by atoms with Gasteiger partial charge in [0.2, 0.25) is 0 Å². The number of carbonyl (C=O) groups is 6. The molecular formula is C26H38O16S2. The average Bonchev–Trinajstić information content (AvgIpc) is 2.90. The standard InChI is InChI=1S/C26H38O16S2/c1-11(27)35-19-17(41-25(33-7)23(39-15(5)31)21(19)37-13(3)29)9-43-44-10-18-20(36-12(2)28)22(38-14(4)30)24(40-16(6)32)26(34-8)42-18/h17-26H,9-10H2,1-8H3/t17-,18-,19-,20-,21+,22+,23-,24-,25+,26+/m1/s1. The molecule has 2 rings (SSSR count). The van der Waals surface area contributed by atoms with Gasteiger partial charge in [-0.3, -0.25) is 28.8 Å². The number of esters is 6. The lowest BCUT2D eigenvalue weighted by atomic mass is 9.98. The van der Waals surface area contributed by atoms with Gasteiger partial charge in [0.15, 0.2) is 49.2 Å². The van der Waals surface area contributed by atoms with Crippen molar-refractivity contribution in [3.63, 3.8) is 0 Å². The van der Waals surface area contributed by atoms with E-state index in [0.717, 1.165) is 41.5 Å². The van der Waals surface area contributed by atoms with Gasteiger partial charge >= 0.3 is 35.8 Å². The molecule has 10 atom stereocenters. The number of hydrogen-bond acceptors (Lipinski definition) is 18. The summed E-state index contributed by atoms with van der Waals surface area (Å²) in [6, 6.07) is 0. The highest BCUT2D eigenvalue weighted by molar-refractivity contribution is 8.76. The molecule has 0 amide bonds. The molecule has 0 aromatic carbocycles. The van der Waals surface area contributed by atoms with Crippen LogP contribution in [0, 0.1) is 0 Å². The van der Waals surface area contributed by atoms with E-state index in [1.165, 1.54) is 35.8 Å². The Balaban J connectivity index is 2.25. The molecule has 0 radical (unpaired) electrons. The van der Waals surface area contributed by atoms with Crippen LogP contribution in [0.4, 0.5) is 0 Å². The van der Waals surface area contributed by atoms with Gasteiger partial charge in [0, 0.05) is 67.3 Å². The lowest BCUT2D eigenvalue weighted by Crippen LogP contribution is -2.62. The van der Waals surface area contributed by atoms with E-state index in [1.807, 2.05) is 0 Å². The first kappa shape index (κ1) is 37.5. The second kappa shape index (κ2) is 17.7. The largest absolute Gasteiger partial charge is 0.456 e. The first-order valence-corrected chi connectivity index (χ1v) is 15.8. The van der Waals surface area contributed by atoms with Gasteiger partial charge in [-0.1, -0.05) is 21.6 Å². The van der Waals surface area contributed by atoms with E-state index in [1.54, 1.807) is 0 Å². The maximum absolute atomic E-state index is 12.0. The van der Waals surface area contributed by atoms with E-state index in [0.29, 0.717) is 0 Å². The summed E-state index contributed by atoms with van der Waals surface area (Å²) in [4.78, 5) is 71.4. The third-order valence-corrected chi connectivity index (χ3v) is 8.42. The number of carbonyl (C=O) groups excluding carboxylic acids is 6. The zero-order valence-corrected chi connectivity index (χ0v) is 27.2. The molecule has 18 heteroatoms. The highest BCUT2D eigenvalue weighted by Gasteiger charge is 2.53. The Morgan fingerprint density at radius 3 is 0.955 bits per heavy atom. The van der Waals surface area contributed by atoms with Crippen molar-refractivity contribution in [1.82, 2.24) is 0 Å². The van der Waals surface area contributed by atoms with Crippen LogP contribution in [0.3, 0.4) is 0 Å². The first-order valence-electron chi connectivity index (χ1n) is 13.3. The molecular weight excluding hydrogens is 632 g/mol. The highest BCUT2D eigenvalue weighted by atomic mass is 33.1. The number of methoxy groups -OCH3 is 2. The third-order valence-electron chi connectivity index (χ3n) is 6.01. The number of rotatable bonds is 13. The van der Waals surface area contributed by atoms with Gasteiger partial charge in [-0.25, -0.2) is 0 Å². The van der Waals surface area contributed by atoms with Gasteiger partial charge in [0.1, 0.15) is 12.2 Å². The summed E-state index contributed by atoms with van der Waals surface area (Å²) in [5.74, 6) is -3.94. The Hall–Kier alpha value is -2.64. The Kier molecular flexibility index (Phi) is 15.1. The van der Waals surface area contributed by atoms with Crippen LogP contribution in [0.25, 0.3) is 0 Å². The van der Waals surface area contributed by atoms with Crippen LogP contribution < -0.4 is 0 Å². The van der Waals surface area contributed by atoms with Crippen LogP contribution in [0.1, 0.15) is 41.5 Å². The summed E-state index contributed by atoms with van der Waals surface area (Å²) in [6.45, 7) is 6.94. The average molecular weight is 671 g/mol. The van der Waals surface area contributed by atoms with Crippen molar-refractivity contribution in [2.24, 2.45) is 0 Å². The molecule has 0 aromatic heterocycles. The molecule has 2 heterocycles. The maximum atomic E-state index is 12.0. The molecule has 0 aromatic rings. The topological polar surface area (TPSA) is 195 Å². The number of hydrogen-bond donors (Lipinski definition) is 0. The molecule has 0 N–H and O–H groups in total. The fraction of sp³-hybridized carbons (Fsp3) is 0.769. The second-order valence-electron chi connectivity index (χ2n) is 9.57. The SMILES string of the molecule is CO[C@H]1O[C@H](CSSC[C@H]2O[C@H](OC)[C@H](OC(C)=O)[C@@H](OC(C)=O)[C@@H]2OC(C)=O)[C@@H](OC(C)=O)[C@H](OC(C)=O)[C@H]1OC(C)=O. The predicted octanol–water partition coefficient (Wildman–Crippen LogP) is 0.701. The summed E-state index contributed by atoms with van der Waals surface area (Å²) < 4.78 is 54.9. The van der Waals surface area contributed by atoms with E-state index >= 15 is 0 Å². The van der Waals surface area contributed by atoms with Crippen molar-refractivity contribution >= 4 is 57.4 Å². The molecule has 16 nitrogen and oxygen atoms in total. The van der Waals surface area contributed by atoms with Crippen LogP contribution in [-0.4, -0.2) is 123 Å². The number of ether oxygens (including phenoxy) is 10. The van der Waals surface area contributed by atoms with Crippen LogP contribution in [0.5, 0.6) is 0 Å². The molecule has 0 aliphatic carbocycles. The van der Waals surface area contributed by atoms with Crippen molar-refractivity contribution in [2.75, 3.05) is 25.7 Å². The molecule has 2 fully saturated rings. The summed E-state index contributed by atoms with van der Waals surface area (Å²) >= 11 is 0. The fourth-order valence-corrected chi connectivity index (χ4v) is 6.97. The summed E-state index contributed by atoms with van der Waals surface area (Å²) in [5.41, 5.74) is 0. The minimum absolute atomic E-state index is 0.134. The maximum Gasteiger partial charge on any atom is 0.303 e. The smallest absolute Gasteiger partial charge is 0.303 e. The highest BCUT2D eigenvalue weighted by Crippen LogP contribution is 2.36. The zero-order chi connectivity index (χ0) is 33.1. The van der Waals surface area contributed by atoms with E-state index in [-0.39, 0.29) is 11.5 Å². The first-order chi connectivity index (χ1) is 20.7. The molecule has 2 aliphatic heterocycles. The van der Waals surface area contributed by atoms with Crippen molar-refractivity contribution in [2.45, 2.75) is 103 Å². The molecule has 0 saturated carbocycles. The Morgan fingerprint density at radius 1 is 0.455 bits per heavy atom. The van der Waals surface area contributed by atoms with Gasteiger partial charge in [0.05, 0.1) is 0 Å². The molecule has 0 unspecified atom stereocenters. The Bertz CT molecular complexity index is 960. The second-order valence-corrected chi connectivity index (χ2v) is 12.1. The summed E-state index contributed by atoms with van der Waals surface area (Å²) in [7, 11) is 5.08. The van der Waals surface area contributed by atoms with Crippen LogP contribution >= 0.6 is 21.6 Å². The normalized spacial score (nSPS) is 31.6. The Labute approximate surface area is 262 Å². The van der Waals surface area contributed by atoms with E-state index in [4.69, 9.17) is 47.4 Å². The van der Waals surface area contributed by atoms with Crippen molar-refractivity contribution in [1.29, 1.82) is 0 Å². The molecule has 2 aliphatic rings. The lowest BCUT2D eigenvalue weighted by molar-refractivity contribution is -0.294. The molecule has 2 saturated heterocycles. The molecule has 0 spiro atoms. The van der Waals surface area contributed by atoms with E-state index in [2.05, 4.69) is 0 Å². The lowest BCUT2D eigenvalue weighted by Gasteiger charge is -2.44. The predicted molar refractivity (Wildman–Crippen MR) is 150 cm³/mol. The monoisotopic (exact) mass is 670 g/mol. The molecule has 44 heavy (non-hydrogen) atoms. The minimum Gasteiger partial charge on any atom is -0.456 e. The van der Waals surface area contributed by atoms with Gasteiger partial charge in [-0.2, -0.15) is 0 Å². The van der Waals surface area contributed by atoms with Crippen molar-refractivity contribution in [3.05, 3.63) is 0 Å². The van der Waals surface area contributed by atoms with Gasteiger partial charge in [0.25, 0.3) is 0 Å². The van der Waals surface area contributed by atoms with Gasteiger partial charge in [-0.05, 0) is 0 Å². The van der Waals surface area contributed by atoms with Crippen LogP contribution in [-0.2, 0) is 76.1 Å². The summed E-state index contributed by atoms with van der Waals surface area (Å²) in [6.07, 6.45) is -11.4. The summed E-state index contributed by atoms with van der Waals surface area (Å²) in [5, 5.41) is 0.